The predicted molar refractivity (Wildman–Crippen MR) is 98.7 cm³/mol. The Kier molecular flexibility index (Phi) is 3.86. The van der Waals surface area contributed by atoms with E-state index >= 15 is 0 Å². The predicted octanol–water partition coefficient (Wildman–Crippen LogP) is 2.89. The highest BCUT2D eigenvalue weighted by atomic mass is 32.1. The largest absolute Gasteiger partial charge is 0.454 e. The molecule has 0 aliphatic carbocycles. The van der Waals surface area contributed by atoms with Gasteiger partial charge in [-0.05, 0) is 43.9 Å². The Morgan fingerprint density at radius 2 is 2.00 bits per heavy atom. The number of aromatic nitrogens is 1. The first-order valence-corrected chi connectivity index (χ1v) is 9.94. The van der Waals surface area contributed by atoms with Crippen molar-refractivity contribution in [3.05, 3.63) is 29.3 Å². The van der Waals surface area contributed by atoms with Crippen LogP contribution in [0.15, 0.2) is 23.6 Å². The first-order valence-electron chi connectivity index (χ1n) is 9.06. The first-order chi connectivity index (χ1) is 12.7. The minimum absolute atomic E-state index is 0.0135. The van der Waals surface area contributed by atoms with E-state index in [1.807, 2.05) is 35.5 Å². The van der Waals surface area contributed by atoms with Crippen molar-refractivity contribution in [2.45, 2.75) is 43.8 Å². The number of carbonyl (C=O) groups excluding carboxylic acids is 1. The minimum Gasteiger partial charge on any atom is -0.454 e. The third-order valence-corrected chi connectivity index (χ3v) is 6.55. The van der Waals surface area contributed by atoms with E-state index in [0.29, 0.717) is 23.8 Å². The number of nitrogens with one attached hydrogen (secondary N) is 1. The van der Waals surface area contributed by atoms with E-state index in [4.69, 9.17) is 9.47 Å². The summed E-state index contributed by atoms with van der Waals surface area (Å²) in [6.45, 7) is 0.253. The summed E-state index contributed by atoms with van der Waals surface area (Å²) in [5.74, 6) is 1.49. The molecule has 2 fully saturated rings. The Bertz CT molecular complexity index is 840. The summed E-state index contributed by atoms with van der Waals surface area (Å²) >= 11 is 1.49. The van der Waals surface area contributed by atoms with Gasteiger partial charge in [0.05, 0.1) is 0 Å². The number of fused-ring (bicyclic) bond motifs is 3. The van der Waals surface area contributed by atoms with Gasteiger partial charge in [-0.3, -0.25) is 4.79 Å². The maximum Gasteiger partial charge on any atom is 0.273 e. The van der Waals surface area contributed by atoms with Gasteiger partial charge < -0.3 is 19.7 Å². The Morgan fingerprint density at radius 3 is 2.81 bits per heavy atom. The van der Waals surface area contributed by atoms with Crippen molar-refractivity contribution in [1.82, 2.24) is 15.2 Å². The Morgan fingerprint density at radius 1 is 1.23 bits per heavy atom. The fraction of sp³-hybridized carbons (Fsp3) is 0.474. The zero-order chi connectivity index (χ0) is 17.7. The number of hydrogen-bond donors (Lipinski definition) is 1. The molecule has 0 radical (unpaired) electrons. The molecule has 3 aliphatic heterocycles. The maximum absolute atomic E-state index is 12.9. The lowest BCUT2D eigenvalue weighted by molar-refractivity contribution is 0.0676. The molecule has 3 aliphatic rings. The molecule has 0 saturated carbocycles. The van der Waals surface area contributed by atoms with Gasteiger partial charge in [0.1, 0.15) is 10.7 Å². The van der Waals surface area contributed by atoms with Crippen LogP contribution in [0.1, 0.15) is 36.2 Å². The van der Waals surface area contributed by atoms with Crippen LogP contribution >= 0.6 is 11.3 Å². The van der Waals surface area contributed by atoms with Crippen molar-refractivity contribution in [2.24, 2.45) is 0 Å². The lowest BCUT2D eigenvalue weighted by Gasteiger charge is -2.35. The van der Waals surface area contributed by atoms with Crippen LogP contribution in [0, 0.1) is 0 Å². The molecule has 2 unspecified atom stereocenters. The second kappa shape index (κ2) is 6.25. The monoisotopic (exact) mass is 371 g/mol. The summed E-state index contributed by atoms with van der Waals surface area (Å²) in [5.41, 5.74) is 1.47. The van der Waals surface area contributed by atoms with Gasteiger partial charge in [0.2, 0.25) is 6.79 Å². The Labute approximate surface area is 156 Å². The second-order valence-electron chi connectivity index (χ2n) is 7.29. The van der Waals surface area contributed by atoms with E-state index < -0.39 is 0 Å². The number of thiazole rings is 1. The lowest BCUT2D eigenvalue weighted by Crippen LogP contribution is -2.48. The fourth-order valence-electron chi connectivity index (χ4n) is 4.22. The Hall–Kier alpha value is -2.12. The summed E-state index contributed by atoms with van der Waals surface area (Å²) in [6, 6.07) is 7.19. The summed E-state index contributed by atoms with van der Waals surface area (Å²) in [7, 11) is 1.91. The number of rotatable bonds is 3. The molecule has 1 amide bonds. The number of ether oxygens (including phenoxy) is 2. The molecule has 4 heterocycles. The van der Waals surface area contributed by atoms with Gasteiger partial charge in [-0.15, -0.1) is 11.3 Å². The lowest BCUT2D eigenvalue weighted by atomic mass is 9.98. The topological polar surface area (TPSA) is 63.7 Å². The summed E-state index contributed by atoms with van der Waals surface area (Å²) < 4.78 is 10.8. The molecule has 1 aromatic heterocycles. The van der Waals surface area contributed by atoms with Crippen LogP contribution in [-0.4, -0.2) is 47.8 Å². The standard InChI is InChI=1S/C19H21N3O3S/c1-22(14-7-12-3-4-13(8-14)20-12)19(23)15-9-26-18(21-15)11-2-5-16-17(6-11)25-10-24-16/h2,5-6,9,12-14,20H,3-4,7-8,10H2,1H3. The highest BCUT2D eigenvalue weighted by Gasteiger charge is 2.36. The SMILES string of the molecule is CN(C(=O)c1csc(-c2ccc3c(c2)OCO3)n1)C1CC2CCC(C1)N2. The molecule has 2 atom stereocenters. The van der Waals surface area contributed by atoms with E-state index in [-0.39, 0.29) is 12.7 Å². The van der Waals surface area contributed by atoms with Gasteiger partial charge >= 0.3 is 0 Å². The van der Waals surface area contributed by atoms with Gasteiger partial charge in [0, 0.05) is 36.1 Å². The molecule has 2 bridgehead atoms. The molecule has 2 aromatic rings. The summed E-state index contributed by atoms with van der Waals surface area (Å²) in [6.07, 6.45) is 4.54. The Balaban J connectivity index is 1.34. The van der Waals surface area contributed by atoms with E-state index in [9.17, 15) is 4.79 Å². The van der Waals surface area contributed by atoms with Crippen molar-refractivity contribution >= 4 is 17.2 Å². The van der Waals surface area contributed by atoms with Crippen molar-refractivity contribution in [3.8, 4) is 22.1 Å². The summed E-state index contributed by atoms with van der Waals surface area (Å²) in [5, 5.41) is 6.31. The molecule has 2 saturated heterocycles. The van der Waals surface area contributed by atoms with Crippen LogP contribution in [0.2, 0.25) is 0 Å². The third-order valence-electron chi connectivity index (χ3n) is 5.66. The van der Waals surface area contributed by atoms with Crippen molar-refractivity contribution in [2.75, 3.05) is 13.8 Å². The quantitative estimate of drug-likeness (QED) is 0.899. The van der Waals surface area contributed by atoms with Gasteiger partial charge in [0.25, 0.3) is 5.91 Å². The van der Waals surface area contributed by atoms with Crippen molar-refractivity contribution in [1.29, 1.82) is 0 Å². The van der Waals surface area contributed by atoms with Gasteiger partial charge in [0.15, 0.2) is 11.5 Å². The van der Waals surface area contributed by atoms with Crippen LogP contribution in [0.25, 0.3) is 10.6 Å². The molecular formula is C19H21N3O3S. The van der Waals surface area contributed by atoms with Gasteiger partial charge in [-0.25, -0.2) is 4.98 Å². The van der Waals surface area contributed by atoms with Gasteiger partial charge in [-0.1, -0.05) is 0 Å². The smallest absolute Gasteiger partial charge is 0.273 e. The maximum atomic E-state index is 12.9. The summed E-state index contributed by atoms with van der Waals surface area (Å²) in [4.78, 5) is 19.4. The normalized spacial score (nSPS) is 26.1. The van der Waals surface area contributed by atoms with E-state index in [1.165, 1.54) is 24.2 Å². The van der Waals surface area contributed by atoms with Crippen molar-refractivity contribution < 1.29 is 14.3 Å². The highest BCUT2D eigenvalue weighted by Crippen LogP contribution is 2.37. The minimum atomic E-state index is 0.0135. The molecule has 5 rings (SSSR count). The number of benzene rings is 1. The van der Waals surface area contributed by atoms with Crippen molar-refractivity contribution in [3.63, 3.8) is 0 Å². The third kappa shape index (κ3) is 2.75. The van der Waals surface area contributed by atoms with Crippen LogP contribution in [0.5, 0.6) is 11.5 Å². The zero-order valence-corrected chi connectivity index (χ0v) is 15.4. The molecule has 1 aromatic carbocycles. The highest BCUT2D eigenvalue weighted by molar-refractivity contribution is 7.13. The van der Waals surface area contributed by atoms with Crippen LogP contribution in [-0.2, 0) is 0 Å². The van der Waals surface area contributed by atoms with E-state index in [0.717, 1.165) is 34.9 Å². The molecule has 7 heteroatoms. The molecular weight excluding hydrogens is 350 g/mol. The molecule has 0 spiro atoms. The van der Waals surface area contributed by atoms with Gasteiger partial charge in [-0.2, -0.15) is 0 Å². The van der Waals surface area contributed by atoms with Crippen LogP contribution < -0.4 is 14.8 Å². The molecule has 6 nitrogen and oxygen atoms in total. The number of nitrogens with zero attached hydrogens (tertiary/aromatic N) is 2. The van der Waals surface area contributed by atoms with Crippen LogP contribution in [0.3, 0.4) is 0 Å². The average Bonchev–Trinajstić information content (AvgIpc) is 3.39. The second-order valence-corrected chi connectivity index (χ2v) is 8.14. The number of amides is 1. The van der Waals surface area contributed by atoms with E-state index in [2.05, 4.69) is 10.3 Å². The number of piperidine rings is 1. The van der Waals surface area contributed by atoms with Crippen LogP contribution in [0.4, 0.5) is 0 Å². The molecule has 136 valence electrons. The first kappa shape index (κ1) is 16.1. The number of hydrogen-bond acceptors (Lipinski definition) is 6. The molecule has 26 heavy (non-hydrogen) atoms. The number of carbonyl (C=O) groups is 1. The molecule has 1 N–H and O–H groups in total. The van der Waals surface area contributed by atoms with E-state index in [1.54, 1.807) is 0 Å². The zero-order valence-electron chi connectivity index (χ0n) is 14.6. The average molecular weight is 371 g/mol. The fourth-order valence-corrected chi connectivity index (χ4v) is 5.01.